The number of nitrogens with one attached hydrogen (secondary N) is 1. The van der Waals surface area contributed by atoms with E-state index in [0.29, 0.717) is 60.6 Å². The standard InChI is InChI=1S/C39H38Cl3F6N3O4/c1-37(2,39(40,41)42)55-36(53)51-27-18-28(24-10-8-22(9-11-24)6-4-16-54-34-30(44)15-14-29(43)33(34)45)32(31(51)20-49-19-27)35(52)50(26-12-13-26)21-23-5-3-7-25(17-23)38(46,47)48/h3,5,7-11,14-15,17,26-27,31,49H,4,6,12-13,16,18-21H2,1-2H3. The van der Waals surface area contributed by atoms with E-state index >= 15 is 0 Å². The first kappa shape index (κ1) is 41.0. The lowest BCUT2D eigenvalue weighted by Gasteiger charge is -2.48. The van der Waals surface area contributed by atoms with Crippen LogP contribution in [0.1, 0.15) is 61.8 Å². The molecule has 0 spiro atoms. The first-order chi connectivity index (χ1) is 25.9. The zero-order chi connectivity index (χ0) is 39.9. The Kier molecular flexibility index (Phi) is 12.0. The third-order valence-electron chi connectivity index (χ3n) is 10.0. The number of piperazine rings is 1. The van der Waals surface area contributed by atoms with Crippen molar-refractivity contribution in [2.75, 3.05) is 19.7 Å². The SMILES string of the molecule is CC(C)(OC(=O)N1C2CNCC1C(C(=O)N(Cc1cccc(C(F)(F)F)c1)C1CC1)=C(c1ccc(CCCOc3c(F)ccc(F)c3F)cc1)C2)C(Cl)(Cl)Cl. The molecule has 1 saturated carbocycles. The molecule has 2 amide bonds. The van der Waals surface area contributed by atoms with E-state index in [0.717, 1.165) is 23.8 Å². The van der Waals surface area contributed by atoms with Gasteiger partial charge in [-0.1, -0.05) is 71.2 Å². The fourth-order valence-electron chi connectivity index (χ4n) is 6.86. The molecule has 296 valence electrons. The minimum absolute atomic E-state index is 0.0803. The van der Waals surface area contributed by atoms with Crippen LogP contribution in [0.3, 0.4) is 0 Å². The molecule has 1 saturated heterocycles. The normalized spacial score (nSPS) is 19.0. The average molecular weight is 833 g/mol. The lowest BCUT2D eigenvalue weighted by atomic mass is 9.81. The van der Waals surface area contributed by atoms with Crippen LogP contribution in [0.4, 0.5) is 31.1 Å². The molecular weight excluding hydrogens is 795 g/mol. The minimum Gasteiger partial charge on any atom is -0.488 e. The molecule has 55 heavy (non-hydrogen) atoms. The second-order valence-corrected chi connectivity index (χ2v) is 16.7. The van der Waals surface area contributed by atoms with Gasteiger partial charge in [-0.3, -0.25) is 9.69 Å². The molecule has 1 N–H and O–H groups in total. The van der Waals surface area contributed by atoms with E-state index in [9.17, 15) is 35.9 Å². The highest BCUT2D eigenvalue weighted by Gasteiger charge is 2.50. The van der Waals surface area contributed by atoms with Crippen molar-refractivity contribution in [3.63, 3.8) is 0 Å². The van der Waals surface area contributed by atoms with Gasteiger partial charge in [-0.2, -0.15) is 17.6 Å². The van der Waals surface area contributed by atoms with Crippen LogP contribution in [-0.4, -0.2) is 69.0 Å². The Bertz CT molecular complexity index is 1950. The molecule has 2 unspecified atom stereocenters. The van der Waals surface area contributed by atoms with Gasteiger partial charge in [-0.15, -0.1) is 0 Å². The summed E-state index contributed by atoms with van der Waals surface area (Å²) >= 11 is 18.4. The number of alkyl halides is 6. The average Bonchev–Trinajstić information content (AvgIpc) is 3.96. The van der Waals surface area contributed by atoms with E-state index in [1.807, 2.05) is 24.3 Å². The molecule has 0 aromatic heterocycles. The first-order valence-corrected chi connectivity index (χ1v) is 18.8. The summed E-state index contributed by atoms with van der Waals surface area (Å²) < 4.78 is 91.4. The quantitative estimate of drug-likeness (QED) is 0.0903. The Morgan fingerprint density at radius 1 is 0.927 bits per heavy atom. The number of rotatable bonds is 11. The van der Waals surface area contributed by atoms with Crippen molar-refractivity contribution in [1.29, 1.82) is 0 Å². The van der Waals surface area contributed by atoms with Crippen LogP contribution in [0.15, 0.2) is 66.2 Å². The van der Waals surface area contributed by atoms with Crippen LogP contribution in [0, 0.1) is 17.5 Å². The van der Waals surface area contributed by atoms with Crippen molar-refractivity contribution in [3.8, 4) is 5.75 Å². The summed E-state index contributed by atoms with van der Waals surface area (Å²) in [7, 11) is 0. The Hall–Kier alpha value is -3.65. The van der Waals surface area contributed by atoms with Gasteiger partial charge in [-0.25, -0.2) is 13.6 Å². The van der Waals surface area contributed by atoms with E-state index in [4.69, 9.17) is 44.3 Å². The number of benzene rings is 3. The topological polar surface area (TPSA) is 71.1 Å². The highest BCUT2D eigenvalue weighted by molar-refractivity contribution is 6.68. The third-order valence-corrected chi connectivity index (χ3v) is 11.4. The Morgan fingerprint density at radius 3 is 2.27 bits per heavy atom. The second kappa shape index (κ2) is 16.1. The molecule has 2 fully saturated rings. The first-order valence-electron chi connectivity index (χ1n) is 17.7. The summed E-state index contributed by atoms with van der Waals surface area (Å²) in [5, 5.41) is 3.30. The van der Waals surface area contributed by atoms with E-state index in [-0.39, 0.29) is 32.2 Å². The predicted molar refractivity (Wildman–Crippen MR) is 196 cm³/mol. The second-order valence-electron chi connectivity index (χ2n) is 14.4. The van der Waals surface area contributed by atoms with Crippen molar-refractivity contribution in [3.05, 3.63) is 106 Å². The molecule has 7 nitrogen and oxygen atoms in total. The smallest absolute Gasteiger partial charge is 0.416 e. The molecule has 2 bridgehead atoms. The Morgan fingerprint density at radius 2 is 1.62 bits per heavy atom. The molecular formula is C39H38Cl3F6N3O4. The van der Waals surface area contributed by atoms with Gasteiger partial charge in [0, 0.05) is 31.2 Å². The van der Waals surface area contributed by atoms with Gasteiger partial charge in [-0.05, 0) is 92.5 Å². The highest BCUT2D eigenvalue weighted by Crippen LogP contribution is 2.44. The molecule has 16 heteroatoms. The summed E-state index contributed by atoms with van der Waals surface area (Å²) in [4.78, 5) is 31.9. The molecule has 3 aromatic rings. The maximum atomic E-state index is 14.9. The van der Waals surface area contributed by atoms with Crippen molar-refractivity contribution < 1.29 is 45.4 Å². The van der Waals surface area contributed by atoms with Gasteiger partial charge in [0.05, 0.1) is 24.3 Å². The van der Waals surface area contributed by atoms with Crippen LogP contribution in [0.2, 0.25) is 0 Å². The summed E-state index contributed by atoms with van der Waals surface area (Å²) in [6.07, 6.45) is -2.99. The van der Waals surface area contributed by atoms with Gasteiger partial charge >= 0.3 is 12.3 Å². The monoisotopic (exact) mass is 831 g/mol. The maximum Gasteiger partial charge on any atom is 0.416 e. The van der Waals surface area contributed by atoms with Crippen molar-refractivity contribution in [1.82, 2.24) is 15.1 Å². The molecule has 2 aliphatic heterocycles. The fourth-order valence-corrected chi connectivity index (χ4v) is 6.98. The van der Waals surface area contributed by atoms with Crippen LogP contribution >= 0.6 is 34.8 Å². The molecule has 1 aliphatic carbocycles. The number of aryl methyl sites for hydroxylation is 1. The van der Waals surface area contributed by atoms with E-state index in [1.54, 1.807) is 11.0 Å². The Balaban J connectivity index is 1.31. The maximum absolute atomic E-state index is 14.9. The number of hydrogen-bond donors (Lipinski definition) is 1. The number of carbonyl (C=O) groups excluding carboxylic acids is 2. The lowest BCUT2D eigenvalue weighted by Crippen LogP contribution is -2.64. The lowest BCUT2D eigenvalue weighted by molar-refractivity contribution is -0.137. The zero-order valence-corrected chi connectivity index (χ0v) is 32.1. The van der Waals surface area contributed by atoms with Crippen LogP contribution in [0.25, 0.3) is 5.57 Å². The minimum atomic E-state index is -4.57. The van der Waals surface area contributed by atoms with Gasteiger partial charge in [0.25, 0.3) is 5.91 Å². The predicted octanol–water partition coefficient (Wildman–Crippen LogP) is 9.41. The highest BCUT2D eigenvalue weighted by atomic mass is 35.6. The fraction of sp³-hybridized carbons (Fsp3) is 0.436. The number of fused-ring (bicyclic) bond motifs is 2. The van der Waals surface area contributed by atoms with E-state index in [2.05, 4.69) is 5.32 Å². The zero-order valence-electron chi connectivity index (χ0n) is 29.8. The molecule has 3 aromatic carbocycles. The van der Waals surface area contributed by atoms with Crippen molar-refractivity contribution in [2.24, 2.45) is 0 Å². The van der Waals surface area contributed by atoms with Gasteiger partial charge < -0.3 is 19.7 Å². The number of carbonyl (C=O) groups is 2. The molecule has 6 rings (SSSR count). The number of nitrogens with zero attached hydrogens (tertiary/aromatic N) is 2. The van der Waals surface area contributed by atoms with E-state index < -0.39 is 68.4 Å². The third kappa shape index (κ3) is 9.16. The summed E-state index contributed by atoms with van der Waals surface area (Å²) in [6.45, 7) is 3.30. The number of ether oxygens (including phenoxy) is 2. The Labute approximate surface area is 329 Å². The van der Waals surface area contributed by atoms with Crippen molar-refractivity contribution in [2.45, 2.75) is 86.2 Å². The number of hydrogen-bond acceptors (Lipinski definition) is 5. The number of halogens is 9. The number of amides is 2. The summed E-state index contributed by atoms with van der Waals surface area (Å²) in [5.74, 6) is -4.82. The largest absolute Gasteiger partial charge is 0.488 e. The summed E-state index contributed by atoms with van der Waals surface area (Å²) in [6, 6.07) is 12.2. The van der Waals surface area contributed by atoms with Crippen LogP contribution in [-0.2, 0) is 28.7 Å². The van der Waals surface area contributed by atoms with E-state index in [1.165, 1.54) is 24.8 Å². The van der Waals surface area contributed by atoms with Gasteiger partial charge in [0.15, 0.2) is 23.0 Å². The van der Waals surface area contributed by atoms with Crippen LogP contribution < -0.4 is 10.1 Å². The molecule has 2 heterocycles. The van der Waals surface area contributed by atoms with Gasteiger partial charge in [0.1, 0.15) is 0 Å². The molecule has 3 aliphatic rings. The summed E-state index contributed by atoms with van der Waals surface area (Å²) in [5.41, 5.74) is 0.462. The van der Waals surface area contributed by atoms with Gasteiger partial charge in [0.2, 0.25) is 9.61 Å². The molecule has 2 atom stereocenters. The van der Waals surface area contributed by atoms with Crippen molar-refractivity contribution >= 4 is 52.4 Å². The van der Waals surface area contributed by atoms with Crippen LogP contribution in [0.5, 0.6) is 5.75 Å². The molecule has 0 radical (unpaired) electrons.